The second-order valence-corrected chi connectivity index (χ2v) is 13.3. The van der Waals surface area contributed by atoms with E-state index in [1.54, 1.807) is 61.5 Å². The second-order valence-electron chi connectivity index (χ2n) is 10.2. The van der Waals surface area contributed by atoms with Gasteiger partial charge in [0.1, 0.15) is 12.6 Å². The van der Waals surface area contributed by atoms with Crippen LogP contribution >= 0.6 is 34.8 Å². The van der Waals surface area contributed by atoms with Crippen molar-refractivity contribution >= 4 is 62.3 Å². The molecule has 41 heavy (non-hydrogen) atoms. The fraction of sp³-hybridized carbons (Fsp3) is 0.333. The van der Waals surface area contributed by atoms with Crippen molar-refractivity contribution < 1.29 is 18.0 Å². The van der Waals surface area contributed by atoms with Gasteiger partial charge >= 0.3 is 0 Å². The van der Waals surface area contributed by atoms with Gasteiger partial charge in [0.05, 0.1) is 25.7 Å². The lowest BCUT2D eigenvalue weighted by Crippen LogP contribution is -2.52. The third-order valence-corrected chi connectivity index (χ3v) is 10.0. The lowest BCUT2D eigenvalue weighted by molar-refractivity contribution is -0.139. The normalized spacial score (nSPS) is 14.5. The summed E-state index contributed by atoms with van der Waals surface area (Å²) < 4.78 is 28.8. The quantitative estimate of drug-likeness (QED) is 0.271. The standard InChI is InChI=1S/C30H32Cl3N3O4S/c1-20-11-14-24(15-12-20)41(39,40)36(28-10-6-5-9-26(28)32)19-29(37)35(18-22-13-16-25(31)27(33)17-22)21(2)30(38)34-23-7-3-4-8-23/h5-6,9-17,21,23H,3-4,7-8,18-19H2,1-2H3,(H,34,38)/t21-/m1/s1. The summed E-state index contributed by atoms with van der Waals surface area (Å²) in [4.78, 5) is 28.7. The van der Waals surface area contributed by atoms with Crippen LogP contribution in [0.2, 0.25) is 15.1 Å². The van der Waals surface area contributed by atoms with Crippen molar-refractivity contribution in [2.24, 2.45) is 0 Å². The minimum Gasteiger partial charge on any atom is -0.352 e. The van der Waals surface area contributed by atoms with E-state index in [-0.39, 0.29) is 34.1 Å². The number of halogens is 3. The number of hydrogen-bond donors (Lipinski definition) is 1. The fourth-order valence-electron chi connectivity index (χ4n) is 4.81. The number of benzene rings is 3. The van der Waals surface area contributed by atoms with Crippen molar-refractivity contribution in [1.82, 2.24) is 10.2 Å². The number of para-hydroxylation sites is 1. The van der Waals surface area contributed by atoms with E-state index in [0.29, 0.717) is 15.6 Å². The largest absolute Gasteiger partial charge is 0.352 e. The van der Waals surface area contributed by atoms with Crippen molar-refractivity contribution in [3.8, 4) is 0 Å². The lowest BCUT2D eigenvalue weighted by atomic mass is 10.1. The number of rotatable bonds is 10. The molecular weight excluding hydrogens is 605 g/mol. The summed E-state index contributed by atoms with van der Waals surface area (Å²) in [5.41, 5.74) is 1.68. The van der Waals surface area contributed by atoms with Gasteiger partial charge in [0.2, 0.25) is 11.8 Å². The summed E-state index contributed by atoms with van der Waals surface area (Å²) in [5, 5.41) is 3.87. The monoisotopic (exact) mass is 635 g/mol. The highest BCUT2D eigenvalue weighted by molar-refractivity contribution is 7.92. The van der Waals surface area contributed by atoms with E-state index < -0.39 is 28.5 Å². The molecule has 0 heterocycles. The van der Waals surface area contributed by atoms with Gasteiger partial charge in [-0.15, -0.1) is 0 Å². The predicted molar refractivity (Wildman–Crippen MR) is 164 cm³/mol. The third-order valence-electron chi connectivity index (χ3n) is 7.21. The van der Waals surface area contributed by atoms with Gasteiger partial charge in [-0.05, 0) is 68.7 Å². The van der Waals surface area contributed by atoms with Crippen molar-refractivity contribution in [2.75, 3.05) is 10.8 Å². The number of nitrogens with one attached hydrogen (secondary N) is 1. The molecule has 7 nitrogen and oxygen atoms in total. The minimum atomic E-state index is -4.21. The summed E-state index contributed by atoms with van der Waals surface area (Å²) in [6, 6.07) is 16.9. The molecule has 1 atom stereocenters. The number of carbonyl (C=O) groups excluding carboxylic acids is 2. The molecule has 4 rings (SSSR count). The van der Waals surface area contributed by atoms with Crippen LogP contribution < -0.4 is 9.62 Å². The minimum absolute atomic E-state index is 0.00984. The molecule has 1 saturated carbocycles. The highest BCUT2D eigenvalue weighted by Gasteiger charge is 2.34. The van der Waals surface area contributed by atoms with Crippen LogP contribution in [0.15, 0.2) is 71.6 Å². The molecule has 0 bridgehead atoms. The van der Waals surface area contributed by atoms with Gasteiger partial charge in [-0.2, -0.15) is 0 Å². The zero-order valence-corrected chi connectivity index (χ0v) is 25.9. The third kappa shape index (κ3) is 7.55. The van der Waals surface area contributed by atoms with E-state index in [1.165, 1.54) is 17.0 Å². The molecule has 0 aromatic heterocycles. The number of sulfonamides is 1. The van der Waals surface area contributed by atoms with Gasteiger partial charge in [-0.1, -0.05) is 83.5 Å². The number of hydrogen-bond acceptors (Lipinski definition) is 4. The molecule has 11 heteroatoms. The maximum absolute atomic E-state index is 14.0. The van der Waals surface area contributed by atoms with Crippen LogP contribution in [-0.2, 0) is 26.2 Å². The highest BCUT2D eigenvalue weighted by atomic mass is 35.5. The van der Waals surface area contributed by atoms with E-state index in [9.17, 15) is 18.0 Å². The Morgan fingerprint density at radius 3 is 2.22 bits per heavy atom. The van der Waals surface area contributed by atoms with Crippen LogP contribution in [0.4, 0.5) is 5.69 Å². The van der Waals surface area contributed by atoms with Gasteiger partial charge in [-0.3, -0.25) is 13.9 Å². The number of anilines is 1. The van der Waals surface area contributed by atoms with Gasteiger partial charge in [0.15, 0.2) is 0 Å². The molecule has 1 N–H and O–H groups in total. The average Bonchev–Trinajstić information content (AvgIpc) is 3.45. The molecule has 0 radical (unpaired) electrons. The molecule has 1 aliphatic carbocycles. The van der Waals surface area contributed by atoms with Crippen LogP contribution in [0.5, 0.6) is 0 Å². The molecule has 218 valence electrons. The maximum Gasteiger partial charge on any atom is 0.264 e. The molecule has 0 unspecified atom stereocenters. The zero-order valence-electron chi connectivity index (χ0n) is 22.8. The Balaban J connectivity index is 1.70. The molecule has 2 amide bonds. The second kappa shape index (κ2) is 13.5. The van der Waals surface area contributed by atoms with E-state index in [1.807, 2.05) is 6.92 Å². The highest BCUT2D eigenvalue weighted by Crippen LogP contribution is 2.31. The van der Waals surface area contributed by atoms with E-state index >= 15 is 0 Å². The van der Waals surface area contributed by atoms with Crippen LogP contribution in [0, 0.1) is 6.92 Å². The van der Waals surface area contributed by atoms with Crippen LogP contribution in [0.1, 0.15) is 43.7 Å². The summed E-state index contributed by atoms with van der Waals surface area (Å²) in [6.07, 6.45) is 3.84. The van der Waals surface area contributed by atoms with Crippen molar-refractivity contribution in [2.45, 2.75) is 63.1 Å². The first-order valence-corrected chi connectivity index (χ1v) is 15.9. The van der Waals surface area contributed by atoms with Gasteiger partial charge < -0.3 is 10.2 Å². The molecule has 3 aromatic carbocycles. The van der Waals surface area contributed by atoms with Crippen LogP contribution in [0.3, 0.4) is 0 Å². The summed E-state index contributed by atoms with van der Waals surface area (Å²) in [6.45, 7) is 2.91. The molecular formula is C30H32Cl3N3O4S. The Bertz CT molecular complexity index is 1510. The van der Waals surface area contributed by atoms with Crippen molar-refractivity contribution in [1.29, 1.82) is 0 Å². The lowest BCUT2D eigenvalue weighted by Gasteiger charge is -2.32. The van der Waals surface area contributed by atoms with E-state index in [4.69, 9.17) is 34.8 Å². The van der Waals surface area contributed by atoms with Gasteiger partial charge in [0.25, 0.3) is 10.0 Å². The first kappa shape index (κ1) is 31.2. The number of amides is 2. The molecule has 0 aliphatic heterocycles. The summed E-state index contributed by atoms with van der Waals surface area (Å²) in [7, 11) is -4.21. The first-order valence-electron chi connectivity index (χ1n) is 13.3. The average molecular weight is 637 g/mol. The number of aryl methyl sites for hydroxylation is 1. The maximum atomic E-state index is 14.0. The topological polar surface area (TPSA) is 86.8 Å². The van der Waals surface area contributed by atoms with E-state index in [0.717, 1.165) is 35.6 Å². The number of carbonyl (C=O) groups is 2. The fourth-order valence-corrected chi connectivity index (χ4v) is 6.86. The van der Waals surface area contributed by atoms with Crippen molar-refractivity contribution in [3.05, 3.63) is 92.9 Å². The van der Waals surface area contributed by atoms with Crippen molar-refractivity contribution in [3.63, 3.8) is 0 Å². The predicted octanol–water partition coefficient (Wildman–Crippen LogP) is 6.63. The zero-order chi connectivity index (χ0) is 29.7. The van der Waals surface area contributed by atoms with Gasteiger partial charge in [-0.25, -0.2) is 8.42 Å². The molecule has 3 aromatic rings. The Morgan fingerprint density at radius 2 is 1.59 bits per heavy atom. The summed E-state index contributed by atoms with van der Waals surface area (Å²) in [5.74, 6) is -0.892. The molecule has 1 aliphatic rings. The summed E-state index contributed by atoms with van der Waals surface area (Å²) >= 11 is 18.8. The van der Waals surface area contributed by atoms with Crippen LogP contribution in [-0.4, -0.2) is 43.8 Å². The Kier molecular flexibility index (Phi) is 10.2. The Hall–Kier alpha value is -2.78. The first-order chi connectivity index (χ1) is 19.5. The molecule has 0 saturated heterocycles. The Morgan fingerprint density at radius 1 is 0.927 bits per heavy atom. The SMILES string of the molecule is Cc1ccc(S(=O)(=O)N(CC(=O)N(Cc2ccc(Cl)c(Cl)c2)[C@H](C)C(=O)NC2CCCC2)c2ccccc2Cl)cc1. The number of nitrogens with zero attached hydrogens (tertiary/aromatic N) is 2. The molecule has 0 spiro atoms. The smallest absolute Gasteiger partial charge is 0.264 e. The Labute approximate surface area is 256 Å². The van der Waals surface area contributed by atoms with Gasteiger partial charge in [0, 0.05) is 12.6 Å². The molecule has 1 fully saturated rings. The van der Waals surface area contributed by atoms with E-state index in [2.05, 4.69) is 5.32 Å². The van der Waals surface area contributed by atoms with Crippen LogP contribution in [0.25, 0.3) is 0 Å².